The molecule has 0 bridgehead atoms. The predicted octanol–water partition coefficient (Wildman–Crippen LogP) is 4.88. The molecule has 1 amide bonds. The number of thiazole rings is 1. The normalized spacial score (nSPS) is 11.7. The van der Waals surface area contributed by atoms with Crippen molar-refractivity contribution >= 4 is 27.5 Å². The van der Waals surface area contributed by atoms with Gasteiger partial charge in [-0.2, -0.15) is 0 Å². The molecule has 7 nitrogen and oxygen atoms in total. The molecule has 182 valence electrons. The van der Waals surface area contributed by atoms with Crippen LogP contribution in [0.2, 0.25) is 0 Å². The number of nitrogens with one attached hydrogen (secondary N) is 1. The monoisotopic (exact) mass is 492 g/mol. The molecule has 4 aromatic rings. The van der Waals surface area contributed by atoms with Crippen molar-refractivity contribution in [1.82, 2.24) is 10.3 Å². The number of aromatic nitrogens is 1. The van der Waals surface area contributed by atoms with Gasteiger partial charge in [0.25, 0.3) is 5.91 Å². The highest BCUT2D eigenvalue weighted by Crippen LogP contribution is 2.38. The first-order valence-corrected chi connectivity index (χ1v) is 12.0. The molecule has 1 N–H and O–H groups in total. The Morgan fingerprint density at radius 3 is 2.29 bits per heavy atom. The molecule has 1 heterocycles. The van der Waals surface area contributed by atoms with Gasteiger partial charge in [-0.1, -0.05) is 42.5 Å². The van der Waals surface area contributed by atoms with E-state index < -0.39 is 0 Å². The quantitative estimate of drug-likeness (QED) is 0.322. The summed E-state index contributed by atoms with van der Waals surface area (Å²) in [5, 5.41) is 3.95. The Hall–Kier alpha value is -3.62. The molecule has 0 saturated heterocycles. The first kappa shape index (κ1) is 24.5. The summed E-state index contributed by atoms with van der Waals surface area (Å²) in [5.74, 6) is 1.01. The number of hydrogen-bond acceptors (Lipinski definition) is 7. The zero-order chi connectivity index (χ0) is 24.6. The third kappa shape index (κ3) is 6.09. The summed E-state index contributed by atoms with van der Waals surface area (Å²) in [6, 6.07) is 21.3. The van der Waals surface area contributed by atoms with E-state index in [9.17, 15) is 4.79 Å². The van der Waals surface area contributed by atoms with Crippen LogP contribution in [0, 0.1) is 0 Å². The summed E-state index contributed by atoms with van der Waals surface area (Å²) in [7, 11) is 4.56. The summed E-state index contributed by atoms with van der Waals surface area (Å²) in [6.45, 7) is 0.759. The standard InChI is InChI=1S/C27H28N2O5S/c1-31-22-13-19(14-23(32-2)26(22)33-3)27(30)28-16-20(34-17-18-9-5-4-6-10-18)15-25-29-21-11-7-8-12-24(21)35-25/h4-14,20H,15-17H2,1-3H3,(H,28,30). The van der Waals surface area contributed by atoms with Crippen molar-refractivity contribution < 1.29 is 23.7 Å². The number of rotatable bonds is 11. The Morgan fingerprint density at radius 1 is 0.943 bits per heavy atom. The molecule has 1 unspecified atom stereocenters. The first-order valence-electron chi connectivity index (χ1n) is 11.2. The second kappa shape index (κ2) is 11.7. The molecule has 0 aliphatic heterocycles. The number of benzene rings is 3. The molecule has 0 aliphatic rings. The smallest absolute Gasteiger partial charge is 0.251 e. The SMILES string of the molecule is COc1cc(C(=O)NCC(Cc2nc3ccccc3s2)OCc2ccccc2)cc(OC)c1OC. The van der Waals surface area contributed by atoms with Crippen LogP contribution >= 0.6 is 11.3 Å². The molecular weight excluding hydrogens is 464 g/mol. The fourth-order valence-electron chi connectivity index (χ4n) is 3.70. The second-order valence-corrected chi connectivity index (χ2v) is 8.94. The van der Waals surface area contributed by atoms with Gasteiger partial charge in [-0.3, -0.25) is 4.79 Å². The maximum atomic E-state index is 13.0. The van der Waals surface area contributed by atoms with Crippen LogP contribution in [0.15, 0.2) is 66.7 Å². The minimum absolute atomic E-state index is 0.262. The molecule has 1 atom stereocenters. The summed E-state index contributed by atoms with van der Waals surface area (Å²) >= 11 is 1.64. The van der Waals surface area contributed by atoms with Crippen LogP contribution in [0.4, 0.5) is 0 Å². The number of carbonyl (C=O) groups is 1. The second-order valence-electron chi connectivity index (χ2n) is 7.82. The lowest BCUT2D eigenvalue weighted by Crippen LogP contribution is -2.35. The van der Waals surface area contributed by atoms with E-state index in [-0.39, 0.29) is 12.0 Å². The topological polar surface area (TPSA) is 78.9 Å². The summed E-state index contributed by atoms with van der Waals surface area (Å²) in [4.78, 5) is 17.8. The minimum Gasteiger partial charge on any atom is -0.493 e. The largest absolute Gasteiger partial charge is 0.493 e. The fraction of sp³-hybridized carbons (Fsp3) is 0.259. The van der Waals surface area contributed by atoms with Crippen LogP contribution in [0.5, 0.6) is 17.2 Å². The molecule has 0 saturated carbocycles. The van der Waals surface area contributed by atoms with E-state index in [1.54, 1.807) is 23.5 Å². The maximum absolute atomic E-state index is 13.0. The Balaban J connectivity index is 1.49. The van der Waals surface area contributed by atoms with Crippen LogP contribution in [-0.2, 0) is 17.8 Å². The molecule has 4 rings (SSSR count). The fourth-order valence-corrected chi connectivity index (χ4v) is 4.73. The number of methoxy groups -OCH3 is 3. The molecule has 3 aromatic carbocycles. The van der Waals surface area contributed by atoms with Gasteiger partial charge in [0.05, 0.1) is 49.3 Å². The van der Waals surface area contributed by atoms with Crippen LogP contribution in [-0.4, -0.2) is 44.9 Å². The average molecular weight is 493 g/mol. The summed E-state index contributed by atoms with van der Waals surface area (Å²) in [5.41, 5.74) is 2.44. The van der Waals surface area contributed by atoms with E-state index in [1.165, 1.54) is 21.3 Å². The molecule has 35 heavy (non-hydrogen) atoms. The molecule has 8 heteroatoms. The van der Waals surface area contributed by atoms with E-state index in [1.807, 2.05) is 48.5 Å². The van der Waals surface area contributed by atoms with Crippen LogP contribution in [0.25, 0.3) is 10.2 Å². The number of ether oxygens (including phenoxy) is 4. The van der Waals surface area contributed by atoms with Gasteiger partial charge in [0.15, 0.2) is 11.5 Å². The van der Waals surface area contributed by atoms with Crippen molar-refractivity contribution in [2.24, 2.45) is 0 Å². The molecule has 0 aliphatic carbocycles. The molecule has 0 spiro atoms. The van der Waals surface area contributed by atoms with Crippen molar-refractivity contribution in [3.63, 3.8) is 0 Å². The van der Waals surface area contributed by atoms with Crippen molar-refractivity contribution in [2.75, 3.05) is 27.9 Å². The van der Waals surface area contributed by atoms with Crippen molar-refractivity contribution in [3.8, 4) is 17.2 Å². The van der Waals surface area contributed by atoms with Gasteiger partial charge in [-0.05, 0) is 29.8 Å². The summed E-state index contributed by atoms with van der Waals surface area (Å²) < 4.78 is 23.5. The highest BCUT2D eigenvalue weighted by atomic mass is 32.1. The predicted molar refractivity (Wildman–Crippen MR) is 137 cm³/mol. The van der Waals surface area contributed by atoms with Gasteiger partial charge < -0.3 is 24.3 Å². The number of carbonyl (C=O) groups excluding carboxylic acids is 1. The number of para-hydroxylation sites is 1. The van der Waals surface area contributed by atoms with Crippen LogP contribution < -0.4 is 19.5 Å². The van der Waals surface area contributed by atoms with Gasteiger partial charge in [-0.25, -0.2) is 4.98 Å². The summed E-state index contributed by atoms with van der Waals surface area (Å²) in [6.07, 6.45) is 0.323. The number of amides is 1. The van der Waals surface area contributed by atoms with Gasteiger partial charge >= 0.3 is 0 Å². The highest BCUT2D eigenvalue weighted by molar-refractivity contribution is 7.18. The van der Waals surface area contributed by atoms with Crippen molar-refractivity contribution in [1.29, 1.82) is 0 Å². The number of fused-ring (bicyclic) bond motifs is 1. The zero-order valence-electron chi connectivity index (χ0n) is 19.9. The van der Waals surface area contributed by atoms with E-state index >= 15 is 0 Å². The molecule has 0 radical (unpaired) electrons. The maximum Gasteiger partial charge on any atom is 0.251 e. The van der Waals surface area contributed by atoms with Gasteiger partial charge in [0, 0.05) is 18.5 Å². The van der Waals surface area contributed by atoms with E-state index in [0.717, 1.165) is 20.8 Å². The Morgan fingerprint density at radius 2 is 1.63 bits per heavy atom. The zero-order valence-corrected chi connectivity index (χ0v) is 20.8. The lowest BCUT2D eigenvalue weighted by atomic mass is 10.1. The van der Waals surface area contributed by atoms with Crippen LogP contribution in [0.3, 0.4) is 0 Å². The minimum atomic E-state index is -0.262. The third-order valence-corrected chi connectivity index (χ3v) is 6.54. The Labute approximate surface area is 208 Å². The average Bonchev–Trinajstić information content (AvgIpc) is 3.32. The Bertz CT molecular complexity index is 1220. The first-order chi connectivity index (χ1) is 17.1. The third-order valence-electron chi connectivity index (χ3n) is 5.49. The van der Waals surface area contributed by atoms with Gasteiger partial charge in [0.2, 0.25) is 5.75 Å². The lowest BCUT2D eigenvalue weighted by molar-refractivity contribution is 0.0398. The van der Waals surface area contributed by atoms with Gasteiger partial charge in [0.1, 0.15) is 0 Å². The highest BCUT2D eigenvalue weighted by Gasteiger charge is 2.19. The van der Waals surface area contributed by atoms with E-state index in [4.69, 9.17) is 23.9 Å². The van der Waals surface area contributed by atoms with Crippen molar-refractivity contribution in [2.45, 2.75) is 19.1 Å². The van der Waals surface area contributed by atoms with Crippen LogP contribution in [0.1, 0.15) is 20.9 Å². The number of nitrogens with zero attached hydrogens (tertiary/aromatic N) is 1. The van der Waals surface area contributed by atoms with Gasteiger partial charge in [-0.15, -0.1) is 11.3 Å². The van der Waals surface area contributed by atoms with E-state index in [2.05, 4.69) is 11.4 Å². The molecule has 1 aromatic heterocycles. The molecular formula is C27H28N2O5S. The lowest BCUT2D eigenvalue weighted by Gasteiger charge is -2.19. The van der Waals surface area contributed by atoms with E-state index in [0.29, 0.717) is 42.4 Å². The number of hydrogen-bond donors (Lipinski definition) is 1. The molecule has 0 fully saturated rings. The Kier molecular flexibility index (Phi) is 8.18. The van der Waals surface area contributed by atoms with Crippen molar-refractivity contribution in [3.05, 3.63) is 82.9 Å².